The van der Waals surface area contributed by atoms with Crippen LogP contribution >= 0.6 is 0 Å². The molecule has 0 unspecified atom stereocenters. The predicted octanol–water partition coefficient (Wildman–Crippen LogP) is 2.50. The van der Waals surface area contributed by atoms with Crippen molar-refractivity contribution in [2.75, 3.05) is 37.6 Å². The fraction of sp³-hybridized carbons (Fsp3) is 0.600. The van der Waals surface area contributed by atoms with Gasteiger partial charge < -0.3 is 20.4 Å². The lowest BCUT2D eigenvalue weighted by molar-refractivity contribution is -0.117. The van der Waals surface area contributed by atoms with Gasteiger partial charge in [-0.25, -0.2) is 9.18 Å². The van der Waals surface area contributed by atoms with Crippen LogP contribution in [0.25, 0.3) is 0 Å². The number of urea groups is 1. The Bertz CT molecular complexity index is 647. The number of halogens is 1. The van der Waals surface area contributed by atoms with Gasteiger partial charge in [-0.05, 0) is 57.1 Å². The maximum atomic E-state index is 13.4. The summed E-state index contributed by atoms with van der Waals surface area (Å²) in [7, 11) is 0. The number of nitrogens with one attached hydrogen (secondary N) is 2. The van der Waals surface area contributed by atoms with E-state index < -0.39 is 0 Å². The monoisotopic (exact) mass is 376 g/mol. The van der Waals surface area contributed by atoms with Crippen LogP contribution in [0.5, 0.6) is 0 Å². The highest BCUT2D eigenvalue weighted by atomic mass is 19.1. The largest absolute Gasteiger partial charge is 0.338 e. The van der Waals surface area contributed by atoms with Crippen LogP contribution in [0.4, 0.5) is 14.9 Å². The number of hydrogen-bond donors (Lipinski definition) is 2. The minimum absolute atomic E-state index is 0.105. The fourth-order valence-electron chi connectivity index (χ4n) is 3.80. The highest BCUT2D eigenvalue weighted by Crippen LogP contribution is 2.22. The maximum absolute atomic E-state index is 13.4. The number of likely N-dealkylation sites (tertiary alicyclic amines) is 1. The molecule has 2 heterocycles. The summed E-state index contributed by atoms with van der Waals surface area (Å²) in [5.41, 5.74) is 0.530. The standard InChI is InChI=1S/C20H29FN4O2/c21-16-7-5-8-18(13-16)25-15-17(14-19(25)26)23-20(27)22-9-6-12-24-10-3-1-2-4-11-24/h5,7-8,13,17H,1-4,6,9-12,14-15H2,(H2,22,23,27)/t17-/m1/s1. The molecule has 0 bridgehead atoms. The van der Waals surface area contributed by atoms with E-state index in [2.05, 4.69) is 15.5 Å². The number of hydrogen-bond acceptors (Lipinski definition) is 3. The Hall–Kier alpha value is -2.15. The smallest absolute Gasteiger partial charge is 0.315 e. The van der Waals surface area contributed by atoms with Gasteiger partial charge in [-0.1, -0.05) is 18.9 Å². The van der Waals surface area contributed by atoms with Gasteiger partial charge in [-0.2, -0.15) is 0 Å². The van der Waals surface area contributed by atoms with E-state index in [0.717, 1.165) is 26.1 Å². The van der Waals surface area contributed by atoms with E-state index >= 15 is 0 Å². The highest BCUT2D eigenvalue weighted by molar-refractivity contribution is 5.96. The van der Waals surface area contributed by atoms with Gasteiger partial charge in [0.2, 0.25) is 5.91 Å². The first-order chi connectivity index (χ1) is 13.1. The lowest BCUT2D eigenvalue weighted by Crippen LogP contribution is -2.44. The molecule has 0 saturated carbocycles. The Labute approximate surface area is 160 Å². The summed E-state index contributed by atoms with van der Waals surface area (Å²) in [5.74, 6) is -0.481. The third-order valence-corrected chi connectivity index (χ3v) is 5.22. The molecular formula is C20H29FN4O2. The van der Waals surface area contributed by atoms with Gasteiger partial charge in [0, 0.05) is 25.2 Å². The molecule has 1 aromatic rings. The van der Waals surface area contributed by atoms with E-state index in [9.17, 15) is 14.0 Å². The highest BCUT2D eigenvalue weighted by Gasteiger charge is 2.31. The van der Waals surface area contributed by atoms with Gasteiger partial charge in [-0.15, -0.1) is 0 Å². The third kappa shape index (κ3) is 5.92. The zero-order valence-corrected chi connectivity index (χ0v) is 15.8. The van der Waals surface area contributed by atoms with Gasteiger partial charge in [0.15, 0.2) is 0 Å². The third-order valence-electron chi connectivity index (χ3n) is 5.22. The molecule has 2 fully saturated rings. The minimum atomic E-state index is -0.376. The molecule has 0 aliphatic carbocycles. The van der Waals surface area contributed by atoms with E-state index in [1.54, 1.807) is 12.1 Å². The summed E-state index contributed by atoms with van der Waals surface area (Å²) < 4.78 is 13.4. The summed E-state index contributed by atoms with van der Waals surface area (Å²) in [5, 5.41) is 5.73. The van der Waals surface area contributed by atoms with Crippen molar-refractivity contribution < 1.29 is 14.0 Å². The van der Waals surface area contributed by atoms with Gasteiger partial charge in [0.25, 0.3) is 0 Å². The molecule has 2 aliphatic rings. The summed E-state index contributed by atoms with van der Waals surface area (Å²) in [6.07, 6.45) is 6.34. The van der Waals surface area contributed by atoms with Crippen molar-refractivity contribution in [3.05, 3.63) is 30.1 Å². The number of rotatable bonds is 6. The zero-order valence-electron chi connectivity index (χ0n) is 15.8. The van der Waals surface area contributed by atoms with Crippen LogP contribution in [-0.4, -0.2) is 55.6 Å². The molecule has 1 atom stereocenters. The van der Waals surface area contributed by atoms with Crippen LogP contribution in [0.1, 0.15) is 38.5 Å². The van der Waals surface area contributed by atoms with Crippen LogP contribution in [-0.2, 0) is 4.79 Å². The first-order valence-corrected chi connectivity index (χ1v) is 9.94. The second-order valence-corrected chi connectivity index (χ2v) is 7.39. The molecule has 2 saturated heterocycles. The summed E-state index contributed by atoms with van der Waals surface area (Å²) >= 11 is 0. The predicted molar refractivity (Wildman–Crippen MR) is 103 cm³/mol. The molecule has 1 aromatic carbocycles. The number of benzene rings is 1. The van der Waals surface area contributed by atoms with Crippen LogP contribution in [0.3, 0.4) is 0 Å². The normalized spacial score (nSPS) is 21.1. The molecule has 2 N–H and O–H groups in total. The second kappa shape index (κ2) is 9.69. The zero-order chi connectivity index (χ0) is 19.1. The Morgan fingerprint density at radius 2 is 1.96 bits per heavy atom. The van der Waals surface area contributed by atoms with Crippen LogP contribution < -0.4 is 15.5 Å². The van der Waals surface area contributed by atoms with Crippen molar-refractivity contribution in [2.24, 2.45) is 0 Å². The van der Waals surface area contributed by atoms with E-state index in [0.29, 0.717) is 18.8 Å². The molecule has 27 heavy (non-hydrogen) atoms. The fourth-order valence-corrected chi connectivity index (χ4v) is 3.80. The molecule has 148 valence electrons. The van der Waals surface area contributed by atoms with E-state index in [-0.39, 0.29) is 30.2 Å². The van der Waals surface area contributed by atoms with Gasteiger partial charge in [0.1, 0.15) is 5.82 Å². The minimum Gasteiger partial charge on any atom is -0.338 e. The van der Waals surface area contributed by atoms with E-state index in [1.807, 2.05) is 0 Å². The summed E-state index contributed by atoms with van der Waals surface area (Å²) in [6.45, 7) is 4.31. The Morgan fingerprint density at radius 1 is 1.19 bits per heavy atom. The lowest BCUT2D eigenvalue weighted by atomic mass is 10.2. The van der Waals surface area contributed by atoms with E-state index in [1.165, 1.54) is 42.7 Å². The number of carbonyl (C=O) groups is 2. The summed E-state index contributed by atoms with van der Waals surface area (Å²) in [4.78, 5) is 28.2. The summed E-state index contributed by atoms with van der Waals surface area (Å²) in [6, 6.07) is 5.46. The first kappa shape index (κ1) is 19.6. The van der Waals surface area contributed by atoms with Gasteiger partial charge in [0.05, 0.1) is 6.04 Å². The number of nitrogens with zero attached hydrogens (tertiary/aromatic N) is 2. The molecule has 3 rings (SSSR count). The molecular weight excluding hydrogens is 347 g/mol. The van der Waals surface area contributed by atoms with Crippen LogP contribution in [0.2, 0.25) is 0 Å². The first-order valence-electron chi connectivity index (χ1n) is 9.94. The molecule has 0 spiro atoms. The number of carbonyl (C=O) groups excluding carboxylic acids is 2. The van der Waals surface area contributed by atoms with Gasteiger partial charge in [-0.3, -0.25) is 4.79 Å². The molecule has 3 amide bonds. The molecule has 0 radical (unpaired) electrons. The second-order valence-electron chi connectivity index (χ2n) is 7.39. The number of amides is 3. The lowest BCUT2D eigenvalue weighted by Gasteiger charge is -2.20. The average molecular weight is 376 g/mol. The Kier molecular flexibility index (Phi) is 7.04. The van der Waals surface area contributed by atoms with Crippen molar-refractivity contribution in [1.82, 2.24) is 15.5 Å². The average Bonchev–Trinajstić information content (AvgIpc) is 2.83. The maximum Gasteiger partial charge on any atom is 0.315 e. The van der Waals surface area contributed by atoms with Crippen molar-refractivity contribution in [3.8, 4) is 0 Å². The Balaban J connectivity index is 1.36. The molecule has 0 aromatic heterocycles. The van der Waals surface area contributed by atoms with Crippen molar-refractivity contribution in [1.29, 1.82) is 0 Å². The molecule has 7 heteroatoms. The van der Waals surface area contributed by atoms with Crippen molar-refractivity contribution in [3.63, 3.8) is 0 Å². The SMILES string of the molecule is O=C(NCCCN1CCCCCC1)N[C@@H]1CC(=O)N(c2cccc(F)c2)C1. The van der Waals surface area contributed by atoms with Gasteiger partial charge >= 0.3 is 6.03 Å². The number of anilines is 1. The van der Waals surface area contributed by atoms with Crippen LogP contribution in [0.15, 0.2) is 24.3 Å². The topological polar surface area (TPSA) is 64.7 Å². The van der Waals surface area contributed by atoms with Crippen molar-refractivity contribution >= 4 is 17.6 Å². The Morgan fingerprint density at radius 3 is 2.70 bits per heavy atom. The van der Waals surface area contributed by atoms with Crippen molar-refractivity contribution in [2.45, 2.75) is 44.6 Å². The molecule has 6 nitrogen and oxygen atoms in total. The van der Waals surface area contributed by atoms with Crippen LogP contribution in [0, 0.1) is 5.82 Å². The molecule has 2 aliphatic heterocycles. The quantitative estimate of drug-likeness (QED) is 0.750. The van der Waals surface area contributed by atoms with E-state index in [4.69, 9.17) is 0 Å².